The van der Waals surface area contributed by atoms with Crippen molar-refractivity contribution < 1.29 is 14.1 Å². The molecule has 2 heterocycles. The van der Waals surface area contributed by atoms with Crippen molar-refractivity contribution >= 4 is 38.0 Å². The number of primary amides is 1. The zero-order chi connectivity index (χ0) is 17.1. The average Bonchev–Trinajstić information content (AvgIpc) is 3.06. The van der Waals surface area contributed by atoms with Gasteiger partial charge in [0, 0.05) is 17.0 Å². The molecule has 1 amide bonds. The number of benzene rings is 1. The summed E-state index contributed by atoms with van der Waals surface area (Å²) < 4.78 is 10.6. The van der Waals surface area contributed by atoms with E-state index in [4.69, 9.17) is 15.0 Å². The van der Waals surface area contributed by atoms with E-state index in [0.717, 1.165) is 16.5 Å². The molecule has 0 saturated heterocycles. The van der Waals surface area contributed by atoms with Crippen LogP contribution in [0.1, 0.15) is 5.56 Å². The molecule has 0 fully saturated rings. The molecule has 122 valence electrons. The number of ether oxygens (including phenoxy) is 1. The smallest absolute Gasteiger partial charge is 0.389 e. The van der Waals surface area contributed by atoms with Crippen LogP contribution in [0.2, 0.25) is 0 Å². The van der Waals surface area contributed by atoms with E-state index >= 15 is 0 Å². The number of halogens is 2. The zero-order valence-corrected chi connectivity index (χ0v) is 15.2. The van der Waals surface area contributed by atoms with Crippen LogP contribution in [-0.2, 0) is 5.33 Å². The van der Waals surface area contributed by atoms with Crippen molar-refractivity contribution in [1.82, 2.24) is 15.1 Å². The molecular formula is C15H10Br2N4O3. The van der Waals surface area contributed by atoms with Gasteiger partial charge in [0.25, 0.3) is 5.88 Å². The molecule has 3 rings (SSSR count). The summed E-state index contributed by atoms with van der Waals surface area (Å²) in [5, 5.41) is 4.80. The SMILES string of the molecule is NC(=O)Oc1ncc(Br)nc1-c1cc(-c2ccc(CBr)cc2)no1. The molecule has 9 heteroatoms. The fourth-order valence-electron chi connectivity index (χ4n) is 1.97. The van der Waals surface area contributed by atoms with E-state index in [-0.39, 0.29) is 11.6 Å². The Morgan fingerprint density at radius 2 is 2.04 bits per heavy atom. The number of carbonyl (C=O) groups is 1. The molecular weight excluding hydrogens is 444 g/mol. The molecule has 0 spiro atoms. The van der Waals surface area contributed by atoms with Crippen LogP contribution in [0.5, 0.6) is 5.88 Å². The van der Waals surface area contributed by atoms with E-state index in [2.05, 4.69) is 47.0 Å². The van der Waals surface area contributed by atoms with Crippen molar-refractivity contribution in [3.8, 4) is 28.6 Å². The number of alkyl halides is 1. The highest BCUT2D eigenvalue weighted by Gasteiger charge is 2.18. The molecule has 3 aromatic rings. The van der Waals surface area contributed by atoms with Gasteiger partial charge in [-0.3, -0.25) is 0 Å². The van der Waals surface area contributed by atoms with E-state index < -0.39 is 6.09 Å². The summed E-state index contributed by atoms with van der Waals surface area (Å²) in [4.78, 5) is 19.2. The van der Waals surface area contributed by atoms with E-state index in [1.165, 1.54) is 6.20 Å². The van der Waals surface area contributed by atoms with Crippen molar-refractivity contribution in [2.45, 2.75) is 5.33 Å². The summed E-state index contributed by atoms with van der Waals surface area (Å²) in [7, 11) is 0. The summed E-state index contributed by atoms with van der Waals surface area (Å²) >= 11 is 6.62. The van der Waals surface area contributed by atoms with Crippen LogP contribution in [0, 0.1) is 0 Å². The van der Waals surface area contributed by atoms with Crippen molar-refractivity contribution in [3.63, 3.8) is 0 Å². The molecule has 0 aliphatic carbocycles. The molecule has 7 nitrogen and oxygen atoms in total. The Hall–Kier alpha value is -2.26. The second-order valence-corrected chi connectivity index (χ2v) is 6.05. The maximum atomic E-state index is 11.0. The van der Waals surface area contributed by atoms with Gasteiger partial charge < -0.3 is 15.0 Å². The van der Waals surface area contributed by atoms with Crippen molar-refractivity contribution in [3.05, 3.63) is 46.7 Å². The van der Waals surface area contributed by atoms with Gasteiger partial charge in [-0.15, -0.1) is 0 Å². The van der Waals surface area contributed by atoms with E-state index in [1.54, 1.807) is 6.07 Å². The molecule has 24 heavy (non-hydrogen) atoms. The maximum Gasteiger partial charge on any atom is 0.411 e. The first-order chi connectivity index (χ1) is 11.6. The van der Waals surface area contributed by atoms with Crippen molar-refractivity contribution in [2.75, 3.05) is 0 Å². The van der Waals surface area contributed by atoms with Gasteiger partial charge in [0.1, 0.15) is 10.3 Å². The molecule has 0 bridgehead atoms. The molecule has 2 aromatic heterocycles. The standard InChI is InChI=1S/C15H10Br2N4O3/c16-6-8-1-3-9(4-2-8)10-5-11(24-21-10)13-14(23-15(18)22)19-7-12(17)20-13/h1-5,7H,6H2,(H2,18,22). The second kappa shape index (κ2) is 7.10. The summed E-state index contributed by atoms with van der Waals surface area (Å²) in [6, 6.07) is 9.53. The van der Waals surface area contributed by atoms with Crippen LogP contribution in [0.4, 0.5) is 4.79 Å². The number of carbonyl (C=O) groups excluding carboxylic acids is 1. The third-order valence-corrected chi connectivity index (χ3v) is 4.08. The van der Waals surface area contributed by atoms with Gasteiger partial charge in [0.05, 0.1) is 6.20 Å². The van der Waals surface area contributed by atoms with Crippen LogP contribution in [-0.4, -0.2) is 21.2 Å². The molecule has 0 aliphatic heterocycles. The van der Waals surface area contributed by atoms with Gasteiger partial charge >= 0.3 is 6.09 Å². The Kier molecular flexibility index (Phi) is 4.91. The molecule has 0 radical (unpaired) electrons. The molecule has 0 unspecified atom stereocenters. The minimum atomic E-state index is -0.988. The first kappa shape index (κ1) is 16.6. The highest BCUT2D eigenvalue weighted by Crippen LogP contribution is 2.31. The Bertz CT molecular complexity index is 881. The number of aromatic nitrogens is 3. The zero-order valence-electron chi connectivity index (χ0n) is 12.1. The van der Waals surface area contributed by atoms with Gasteiger partial charge in [-0.25, -0.2) is 14.8 Å². The summed E-state index contributed by atoms with van der Waals surface area (Å²) in [5.74, 6) is 0.252. The van der Waals surface area contributed by atoms with Crippen molar-refractivity contribution in [2.24, 2.45) is 5.73 Å². The van der Waals surface area contributed by atoms with Crippen LogP contribution in [0.15, 0.2) is 45.7 Å². The monoisotopic (exact) mass is 452 g/mol. The second-order valence-electron chi connectivity index (χ2n) is 4.67. The summed E-state index contributed by atoms with van der Waals surface area (Å²) in [5.41, 5.74) is 7.92. The number of hydrogen-bond acceptors (Lipinski definition) is 6. The third kappa shape index (κ3) is 3.62. The third-order valence-electron chi connectivity index (χ3n) is 3.05. The fraction of sp³-hybridized carbons (Fsp3) is 0.0667. The molecule has 2 N–H and O–H groups in total. The van der Waals surface area contributed by atoms with Crippen LogP contribution in [0.3, 0.4) is 0 Å². The Morgan fingerprint density at radius 1 is 1.29 bits per heavy atom. The van der Waals surface area contributed by atoms with Crippen LogP contribution < -0.4 is 10.5 Å². The van der Waals surface area contributed by atoms with Crippen LogP contribution in [0.25, 0.3) is 22.7 Å². The number of hydrogen-bond donors (Lipinski definition) is 1. The lowest BCUT2D eigenvalue weighted by molar-refractivity contribution is 0.209. The highest BCUT2D eigenvalue weighted by molar-refractivity contribution is 9.10. The summed E-state index contributed by atoms with van der Waals surface area (Å²) in [6.45, 7) is 0. The number of rotatable bonds is 4. The minimum absolute atomic E-state index is 0.0527. The Balaban J connectivity index is 1.98. The van der Waals surface area contributed by atoms with Crippen LogP contribution >= 0.6 is 31.9 Å². The van der Waals surface area contributed by atoms with Gasteiger partial charge in [0.15, 0.2) is 11.5 Å². The lowest BCUT2D eigenvalue weighted by atomic mass is 10.1. The topological polar surface area (TPSA) is 104 Å². The highest BCUT2D eigenvalue weighted by atomic mass is 79.9. The van der Waals surface area contributed by atoms with Gasteiger partial charge in [-0.1, -0.05) is 45.4 Å². The average molecular weight is 454 g/mol. The first-order valence-electron chi connectivity index (χ1n) is 6.69. The van der Waals surface area contributed by atoms with Gasteiger partial charge in [0.2, 0.25) is 0 Å². The summed E-state index contributed by atoms with van der Waals surface area (Å²) in [6.07, 6.45) is 0.399. The van der Waals surface area contributed by atoms with Gasteiger partial charge in [-0.05, 0) is 21.5 Å². The van der Waals surface area contributed by atoms with Crippen molar-refractivity contribution in [1.29, 1.82) is 0 Å². The number of nitrogens with two attached hydrogens (primary N) is 1. The minimum Gasteiger partial charge on any atom is -0.389 e. The maximum absolute atomic E-state index is 11.0. The first-order valence-corrected chi connectivity index (χ1v) is 8.60. The number of amides is 1. The van der Waals surface area contributed by atoms with E-state index in [9.17, 15) is 4.79 Å². The molecule has 1 aromatic carbocycles. The molecule has 0 saturated carbocycles. The van der Waals surface area contributed by atoms with Gasteiger partial charge in [-0.2, -0.15) is 0 Å². The number of nitrogens with zero attached hydrogens (tertiary/aromatic N) is 3. The Morgan fingerprint density at radius 3 is 2.71 bits per heavy atom. The predicted molar refractivity (Wildman–Crippen MR) is 93.5 cm³/mol. The lowest BCUT2D eigenvalue weighted by Gasteiger charge is -2.03. The molecule has 0 aliphatic rings. The van der Waals surface area contributed by atoms with E-state index in [0.29, 0.717) is 16.1 Å². The molecule has 0 atom stereocenters. The normalized spacial score (nSPS) is 10.6. The lowest BCUT2D eigenvalue weighted by Crippen LogP contribution is -2.17. The Labute approximate surface area is 153 Å². The van der Waals surface area contributed by atoms with E-state index in [1.807, 2.05) is 24.3 Å². The quantitative estimate of drug-likeness (QED) is 0.600. The fourth-order valence-corrected chi connectivity index (χ4v) is 2.63. The predicted octanol–water partition coefficient (Wildman–Crippen LogP) is 3.91. The largest absolute Gasteiger partial charge is 0.411 e.